The number of nitrogens with zero attached hydrogens (tertiary/aromatic N) is 5. The van der Waals surface area contributed by atoms with Crippen LogP contribution in [0.15, 0.2) is 12.4 Å². The van der Waals surface area contributed by atoms with Gasteiger partial charge in [0.1, 0.15) is 0 Å². The molecule has 2 unspecified atom stereocenters. The number of rotatable bonds is 4. The number of piperazine rings is 1. The second-order valence-electron chi connectivity index (χ2n) is 8.53. The van der Waals surface area contributed by atoms with Gasteiger partial charge in [0.05, 0.1) is 11.5 Å². The molecule has 10 heteroatoms. The lowest BCUT2D eigenvalue weighted by Gasteiger charge is -2.42. The summed E-state index contributed by atoms with van der Waals surface area (Å²) in [7, 11) is 0. The Morgan fingerprint density at radius 3 is 2.34 bits per heavy atom. The van der Waals surface area contributed by atoms with Gasteiger partial charge in [-0.05, 0) is 32.7 Å². The number of hydrogen-bond donors (Lipinski definition) is 1. The van der Waals surface area contributed by atoms with Crippen LogP contribution in [0.5, 0.6) is 0 Å². The van der Waals surface area contributed by atoms with Crippen molar-refractivity contribution in [1.29, 1.82) is 0 Å². The summed E-state index contributed by atoms with van der Waals surface area (Å²) in [5.41, 5.74) is 5.03. The highest BCUT2D eigenvalue weighted by Crippen LogP contribution is 2.35. The first-order valence-electron chi connectivity index (χ1n) is 10.2. The Balaban J connectivity index is 1.40. The van der Waals surface area contributed by atoms with Crippen molar-refractivity contribution in [3.8, 4) is 0 Å². The lowest BCUT2D eigenvalue weighted by molar-refractivity contribution is -0.139. The van der Waals surface area contributed by atoms with Crippen LogP contribution >= 0.6 is 0 Å². The van der Waals surface area contributed by atoms with E-state index in [2.05, 4.69) is 14.9 Å². The first-order chi connectivity index (χ1) is 13.7. The Morgan fingerprint density at radius 1 is 1.17 bits per heavy atom. The molecule has 1 aromatic heterocycles. The Hall–Kier alpha value is -1.94. The lowest BCUT2D eigenvalue weighted by Crippen LogP contribution is -2.57. The number of aromatic nitrogens is 2. The summed E-state index contributed by atoms with van der Waals surface area (Å²) in [6, 6.07) is 0.219. The van der Waals surface area contributed by atoms with E-state index in [-0.39, 0.29) is 30.0 Å². The van der Waals surface area contributed by atoms with Crippen LogP contribution in [0.1, 0.15) is 31.7 Å². The van der Waals surface area contributed by atoms with E-state index in [0.29, 0.717) is 19.0 Å². The maximum absolute atomic E-state index is 13.2. The first kappa shape index (κ1) is 20.3. The maximum atomic E-state index is 13.2. The van der Waals surface area contributed by atoms with Crippen molar-refractivity contribution < 1.29 is 18.0 Å². The molecule has 3 fully saturated rings. The zero-order chi connectivity index (χ0) is 20.8. The minimum atomic E-state index is -4.44. The average Bonchev–Trinajstić information content (AvgIpc) is 3.22. The number of carbonyl (C=O) groups excluding carboxylic acids is 1. The third-order valence-corrected chi connectivity index (χ3v) is 6.15. The zero-order valence-electron chi connectivity index (χ0n) is 16.5. The summed E-state index contributed by atoms with van der Waals surface area (Å²) in [6.07, 6.45) is -0.124. The smallest absolute Gasteiger partial charge is 0.337 e. The lowest BCUT2D eigenvalue weighted by atomic mass is 10.0. The standard InChI is InChI=1S/C19H27F3N6O/c1-12(23)8-26-5-4-13(9-26)17(29)28-15-2-3-16(28)11-27(10-15)18-24-6-14(7-25-18)19(20,21)22/h6-7,12-13,15-16H,2-5,8-11,23H2,1H3/t12-,13+,15?,16?/m0/s1. The predicted molar refractivity (Wildman–Crippen MR) is 101 cm³/mol. The van der Waals surface area contributed by atoms with E-state index in [1.165, 1.54) is 0 Å². The highest BCUT2D eigenvalue weighted by molar-refractivity contribution is 5.81. The Labute approximate surface area is 168 Å². The largest absolute Gasteiger partial charge is 0.419 e. The second-order valence-corrected chi connectivity index (χ2v) is 8.53. The van der Waals surface area contributed by atoms with Gasteiger partial charge in [-0.3, -0.25) is 4.79 Å². The minimum absolute atomic E-state index is 0.00530. The monoisotopic (exact) mass is 412 g/mol. The third kappa shape index (κ3) is 4.18. The summed E-state index contributed by atoms with van der Waals surface area (Å²) in [5, 5.41) is 0. The summed E-state index contributed by atoms with van der Waals surface area (Å²) in [4.78, 5) is 27.2. The molecule has 3 aliphatic heterocycles. The summed E-state index contributed by atoms with van der Waals surface area (Å²) < 4.78 is 38.2. The highest BCUT2D eigenvalue weighted by Gasteiger charge is 2.46. The SMILES string of the molecule is C[C@H](N)CN1CC[C@@H](C(=O)N2C3CCC2CN(c2ncc(C(F)(F)F)cn2)C3)C1. The number of fused-ring (bicyclic) bond motifs is 2. The van der Waals surface area contributed by atoms with Crippen molar-refractivity contribution in [2.24, 2.45) is 11.7 Å². The van der Waals surface area contributed by atoms with E-state index in [0.717, 1.165) is 51.3 Å². The van der Waals surface area contributed by atoms with Crippen molar-refractivity contribution in [3.63, 3.8) is 0 Å². The summed E-state index contributed by atoms with van der Waals surface area (Å²) >= 11 is 0. The van der Waals surface area contributed by atoms with Crippen LogP contribution in [0.3, 0.4) is 0 Å². The van der Waals surface area contributed by atoms with Gasteiger partial charge in [-0.2, -0.15) is 13.2 Å². The van der Waals surface area contributed by atoms with Gasteiger partial charge in [0.25, 0.3) is 0 Å². The summed E-state index contributed by atoms with van der Waals surface area (Å²) in [6.45, 7) is 5.54. The molecule has 29 heavy (non-hydrogen) atoms. The van der Waals surface area contributed by atoms with Crippen LogP contribution in [0, 0.1) is 5.92 Å². The zero-order valence-corrected chi connectivity index (χ0v) is 16.5. The number of nitrogens with two attached hydrogens (primary N) is 1. The van der Waals surface area contributed by atoms with E-state index >= 15 is 0 Å². The number of alkyl halides is 3. The van der Waals surface area contributed by atoms with Gasteiger partial charge in [0, 0.05) is 56.7 Å². The molecule has 0 spiro atoms. The topological polar surface area (TPSA) is 78.6 Å². The molecular formula is C19H27F3N6O. The Bertz CT molecular complexity index is 726. The fourth-order valence-corrected chi connectivity index (χ4v) is 4.88. The number of amides is 1. The normalized spacial score (nSPS) is 28.8. The van der Waals surface area contributed by atoms with Crippen LogP contribution in [0.25, 0.3) is 0 Å². The molecule has 1 aromatic rings. The number of halogens is 3. The second kappa shape index (κ2) is 7.71. The molecule has 160 valence electrons. The molecule has 0 aliphatic carbocycles. The minimum Gasteiger partial charge on any atom is -0.337 e. The molecular weight excluding hydrogens is 385 g/mol. The summed E-state index contributed by atoms with van der Waals surface area (Å²) in [5.74, 6) is 0.509. The Morgan fingerprint density at radius 2 is 1.79 bits per heavy atom. The predicted octanol–water partition coefficient (Wildman–Crippen LogP) is 1.34. The molecule has 0 radical (unpaired) electrons. The molecule has 4 heterocycles. The number of carbonyl (C=O) groups is 1. The quantitative estimate of drug-likeness (QED) is 0.804. The molecule has 0 saturated carbocycles. The van der Waals surface area contributed by atoms with E-state index in [4.69, 9.17) is 5.73 Å². The molecule has 7 nitrogen and oxygen atoms in total. The van der Waals surface area contributed by atoms with Gasteiger partial charge < -0.3 is 20.4 Å². The maximum Gasteiger partial charge on any atom is 0.419 e. The van der Waals surface area contributed by atoms with Gasteiger partial charge in [0.15, 0.2) is 0 Å². The van der Waals surface area contributed by atoms with Crippen molar-refractivity contribution in [3.05, 3.63) is 18.0 Å². The first-order valence-corrected chi connectivity index (χ1v) is 10.2. The number of hydrogen-bond acceptors (Lipinski definition) is 6. The molecule has 3 saturated heterocycles. The van der Waals surface area contributed by atoms with Crippen LogP contribution in [-0.2, 0) is 11.0 Å². The fraction of sp³-hybridized carbons (Fsp3) is 0.737. The van der Waals surface area contributed by atoms with Crippen molar-refractivity contribution in [2.45, 2.75) is 50.5 Å². The average molecular weight is 412 g/mol. The van der Waals surface area contributed by atoms with Crippen LogP contribution in [-0.4, -0.2) is 76.5 Å². The third-order valence-electron chi connectivity index (χ3n) is 6.15. The molecule has 4 atom stereocenters. The van der Waals surface area contributed by atoms with Gasteiger partial charge in [-0.15, -0.1) is 0 Å². The molecule has 2 N–H and O–H groups in total. The highest BCUT2D eigenvalue weighted by atomic mass is 19.4. The van der Waals surface area contributed by atoms with Gasteiger partial charge in [-0.25, -0.2) is 9.97 Å². The van der Waals surface area contributed by atoms with Crippen molar-refractivity contribution in [2.75, 3.05) is 37.6 Å². The fourth-order valence-electron chi connectivity index (χ4n) is 4.88. The molecule has 4 rings (SSSR count). The van der Waals surface area contributed by atoms with E-state index in [1.54, 1.807) is 0 Å². The molecule has 0 aromatic carbocycles. The number of likely N-dealkylation sites (tertiary alicyclic amines) is 1. The van der Waals surface area contributed by atoms with Crippen LogP contribution < -0.4 is 10.6 Å². The number of anilines is 1. The molecule has 2 bridgehead atoms. The van der Waals surface area contributed by atoms with Crippen molar-refractivity contribution in [1.82, 2.24) is 19.8 Å². The van der Waals surface area contributed by atoms with Gasteiger partial charge >= 0.3 is 6.18 Å². The molecule has 3 aliphatic rings. The van der Waals surface area contributed by atoms with E-state index in [1.807, 2.05) is 16.7 Å². The molecule has 1 amide bonds. The Kier molecular flexibility index (Phi) is 5.41. The van der Waals surface area contributed by atoms with E-state index < -0.39 is 11.7 Å². The van der Waals surface area contributed by atoms with Gasteiger partial charge in [0.2, 0.25) is 11.9 Å². The van der Waals surface area contributed by atoms with E-state index in [9.17, 15) is 18.0 Å². The van der Waals surface area contributed by atoms with Gasteiger partial charge in [-0.1, -0.05) is 0 Å². The van der Waals surface area contributed by atoms with Crippen LogP contribution in [0.2, 0.25) is 0 Å². The van der Waals surface area contributed by atoms with Crippen molar-refractivity contribution >= 4 is 11.9 Å². The van der Waals surface area contributed by atoms with Crippen LogP contribution in [0.4, 0.5) is 19.1 Å².